The number of anilines is 1. The van der Waals surface area contributed by atoms with Crippen molar-refractivity contribution in [2.45, 2.75) is 31.9 Å². The first-order chi connectivity index (χ1) is 12.9. The van der Waals surface area contributed by atoms with Crippen molar-refractivity contribution in [2.24, 2.45) is 0 Å². The molecule has 0 spiro atoms. The highest BCUT2D eigenvalue weighted by Crippen LogP contribution is 2.28. The smallest absolute Gasteiger partial charge is 0.322 e. The van der Waals surface area contributed by atoms with E-state index in [4.69, 9.17) is 0 Å². The van der Waals surface area contributed by atoms with Crippen LogP contribution in [0.5, 0.6) is 0 Å². The van der Waals surface area contributed by atoms with Gasteiger partial charge < -0.3 is 5.32 Å². The summed E-state index contributed by atoms with van der Waals surface area (Å²) in [7, 11) is 0. The van der Waals surface area contributed by atoms with Gasteiger partial charge in [0.2, 0.25) is 0 Å². The average molecular weight is 451 g/mol. The molecule has 142 valence electrons. The summed E-state index contributed by atoms with van der Waals surface area (Å²) in [4.78, 5) is 39.3. The second-order valence-electron chi connectivity index (χ2n) is 6.46. The molecule has 1 aromatic rings. The van der Waals surface area contributed by atoms with Gasteiger partial charge in [-0.3, -0.25) is 4.79 Å². The lowest BCUT2D eigenvalue weighted by Crippen LogP contribution is -2.56. The number of allylic oxidation sites excluding steroid dienone is 1. The number of hydrogen-bond acceptors (Lipinski definition) is 4. The predicted molar refractivity (Wildman–Crippen MR) is 110 cm³/mol. The number of benzene rings is 1. The van der Waals surface area contributed by atoms with Crippen LogP contribution in [0.2, 0.25) is 0 Å². The van der Waals surface area contributed by atoms with Crippen LogP contribution in [0, 0.1) is 6.92 Å². The van der Waals surface area contributed by atoms with Crippen LogP contribution in [0.1, 0.15) is 25.3 Å². The maximum Gasteiger partial charge on any atom is 0.501 e. The number of imide groups is 1. The van der Waals surface area contributed by atoms with E-state index in [9.17, 15) is 14.4 Å². The molecule has 1 atom stereocenters. The van der Waals surface area contributed by atoms with E-state index in [1.807, 2.05) is 32.0 Å². The third-order valence-corrected chi connectivity index (χ3v) is 5.99. The van der Waals surface area contributed by atoms with Gasteiger partial charge in [0.25, 0.3) is 5.91 Å². The summed E-state index contributed by atoms with van der Waals surface area (Å²) in [6, 6.07) is 5.15. The van der Waals surface area contributed by atoms with E-state index in [0.717, 1.165) is 22.9 Å². The normalized spacial score (nSPS) is 18.9. The number of aryl methyl sites for hydroxylation is 1. The van der Waals surface area contributed by atoms with Crippen LogP contribution in [-0.4, -0.2) is 51.4 Å². The molecule has 8 heteroatoms. The molecule has 3 rings (SSSR count). The molecule has 0 bridgehead atoms. The van der Waals surface area contributed by atoms with Crippen molar-refractivity contribution in [3.63, 3.8) is 0 Å². The third-order valence-electron chi connectivity index (χ3n) is 4.49. The lowest BCUT2D eigenvalue weighted by Gasteiger charge is -2.24. The number of hydrogen-bond donors (Lipinski definition) is 1. The molecule has 1 aromatic carbocycles. The Balaban J connectivity index is 1.81. The van der Waals surface area contributed by atoms with E-state index in [1.54, 1.807) is 11.5 Å². The first-order valence-electron chi connectivity index (χ1n) is 8.80. The number of nitrogens with one attached hydrogen (secondary N) is 1. The molecular weight excluding hydrogens is 430 g/mol. The van der Waals surface area contributed by atoms with Crippen LogP contribution in [0.3, 0.4) is 0 Å². The molecule has 4 amide bonds. The van der Waals surface area contributed by atoms with Crippen LogP contribution < -0.4 is 5.32 Å². The minimum absolute atomic E-state index is 0.124. The van der Waals surface area contributed by atoms with Crippen molar-refractivity contribution >= 4 is 56.9 Å². The molecular formula is C19H21BrN3O3S+. The fourth-order valence-electron chi connectivity index (χ4n) is 3.03. The van der Waals surface area contributed by atoms with Crippen LogP contribution in [0.4, 0.5) is 10.5 Å². The average Bonchev–Trinajstić information content (AvgIpc) is 3.11. The number of unbranched alkanes of at least 4 members (excludes halogenated alkanes) is 1. The van der Waals surface area contributed by atoms with Crippen molar-refractivity contribution in [3.8, 4) is 0 Å². The summed E-state index contributed by atoms with van der Waals surface area (Å²) in [6.07, 6.45) is 3.38. The van der Waals surface area contributed by atoms with Crippen LogP contribution >= 0.6 is 27.7 Å². The Labute approximate surface area is 170 Å². The molecule has 27 heavy (non-hydrogen) atoms. The minimum Gasteiger partial charge on any atom is -0.322 e. The number of carbonyl (C=O) groups is 3. The second-order valence-corrected chi connectivity index (χ2v) is 8.39. The second kappa shape index (κ2) is 8.39. The summed E-state index contributed by atoms with van der Waals surface area (Å²) in [5.74, 6) is -0.492. The molecule has 0 saturated carbocycles. The zero-order valence-electron chi connectivity index (χ0n) is 15.2. The number of carbonyl (C=O) groups excluding carboxylic acids is 3. The van der Waals surface area contributed by atoms with Gasteiger partial charge in [-0.05, 0) is 48.6 Å². The van der Waals surface area contributed by atoms with Crippen molar-refractivity contribution in [1.29, 1.82) is 0 Å². The Morgan fingerprint density at radius 1 is 1.37 bits per heavy atom. The molecule has 0 fully saturated rings. The van der Waals surface area contributed by atoms with Crippen molar-refractivity contribution < 1.29 is 19.0 Å². The quantitative estimate of drug-likeness (QED) is 0.672. The molecule has 2 aliphatic rings. The first kappa shape index (κ1) is 19.8. The highest BCUT2D eigenvalue weighted by molar-refractivity contribution is 9.10. The SMILES string of the molecule is CCCCN1C(=O)C2SC=CC2=[N+](CC(=O)Nc2ccc(Br)cc2C)C1=O. The topological polar surface area (TPSA) is 69.5 Å². The summed E-state index contributed by atoms with van der Waals surface area (Å²) in [5, 5.41) is 4.21. The summed E-state index contributed by atoms with van der Waals surface area (Å²) < 4.78 is 2.35. The highest BCUT2D eigenvalue weighted by Gasteiger charge is 2.49. The molecule has 0 aliphatic carbocycles. The molecule has 2 heterocycles. The van der Waals surface area contributed by atoms with E-state index in [1.165, 1.54) is 21.2 Å². The van der Waals surface area contributed by atoms with Gasteiger partial charge >= 0.3 is 11.9 Å². The van der Waals surface area contributed by atoms with E-state index in [-0.39, 0.29) is 18.4 Å². The highest BCUT2D eigenvalue weighted by atomic mass is 79.9. The van der Waals surface area contributed by atoms with Gasteiger partial charge in [0.15, 0.2) is 11.8 Å². The molecule has 0 aromatic heterocycles. The molecule has 0 radical (unpaired) electrons. The van der Waals surface area contributed by atoms with Crippen LogP contribution in [0.15, 0.2) is 34.2 Å². The number of thioether (sulfide) groups is 1. The zero-order valence-corrected chi connectivity index (χ0v) is 17.6. The molecule has 1 unspecified atom stereocenters. The van der Waals surface area contributed by atoms with E-state index < -0.39 is 11.3 Å². The molecule has 2 aliphatic heterocycles. The Bertz CT molecular complexity index is 866. The summed E-state index contributed by atoms with van der Waals surface area (Å²) in [5.41, 5.74) is 2.21. The van der Waals surface area contributed by atoms with Gasteiger partial charge in [-0.25, -0.2) is 4.79 Å². The van der Waals surface area contributed by atoms with E-state index >= 15 is 0 Å². The van der Waals surface area contributed by atoms with Gasteiger partial charge in [-0.2, -0.15) is 14.3 Å². The monoisotopic (exact) mass is 450 g/mol. The van der Waals surface area contributed by atoms with Gasteiger partial charge in [0.05, 0.1) is 6.54 Å². The zero-order chi connectivity index (χ0) is 19.6. The fourth-order valence-corrected chi connectivity index (χ4v) is 4.47. The molecule has 1 N–H and O–H groups in total. The van der Waals surface area contributed by atoms with Gasteiger partial charge in [-0.1, -0.05) is 29.3 Å². The Morgan fingerprint density at radius 3 is 2.85 bits per heavy atom. The van der Waals surface area contributed by atoms with E-state index in [0.29, 0.717) is 17.9 Å². The number of amides is 4. The van der Waals surface area contributed by atoms with Crippen molar-refractivity contribution in [3.05, 3.63) is 39.7 Å². The number of halogens is 1. The van der Waals surface area contributed by atoms with E-state index in [2.05, 4.69) is 21.2 Å². The molecule has 6 nitrogen and oxygen atoms in total. The lowest BCUT2D eigenvalue weighted by molar-refractivity contribution is -0.425. The maximum absolute atomic E-state index is 12.9. The Hall–Kier alpha value is -1.93. The predicted octanol–water partition coefficient (Wildman–Crippen LogP) is 3.54. The van der Waals surface area contributed by atoms with Crippen LogP contribution in [0.25, 0.3) is 0 Å². The summed E-state index contributed by atoms with van der Waals surface area (Å²) in [6.45, 7) is 4.16. The standard InChI is InChI=1S/C19H20BrN3O3S/c1-3-4-8-22-18(25)17-15(7-9-27-17)23(19(22)26)11-16(24)21-14-6-5-13(20)10-12(14)2/h5-7,9-10,17H,3-4,8,11H2,1-2H3/p+1. The first-order valence-corrected chi connectivity index (χ1v) is 10.5. The van der Waals surface area contributed by atoms with Gasteiger partial charge in [0.1, 0.15) is 5.71 Å². The Morgan fingerprint density at radius 2 is 2.15 bits per heavy atom. The molecule has 0 saturated heterocycles. The minimum atomic E-state index is -0.443. The van der Waals surface area contributed by atoms with Crippen LogP contribution in [-0.2, 0) is 9.59 Å². The van der Waals surface area contributed by atoms with Gasteiger partial charge in [0, 0.05) is 10.2 Å². The number of fused-ring (bicyclic) bond motifs is 1. The van der Waals surface area contributed by atoms with Gasteiger partial charge in [-0.15, -0.1) is 11.8 Å². The third kappa shape index (κ3) is 4.16. The summed E-state index contributed by atoms with van der Waals surface area (Å²) >= 11 is 4.77. The Kier molecular flexibility index (Phi) is 6.16. The number of urea groups is 1. The largest absolute Gasteiger partial charge is 0.501 e. The van der Waals surface area contributed by atoms with Crippen molar-refractivity contribution in [2.75, 3.05) is 18.4 Å². The van der Waals surface area contributed by atoms with Crippen molar-refractivity contribution in [1.82, 2.24) is 4.90 Å². The number of nitrogens with zero attached hydrogens (tertiary/aromatic N) is 2. The fraction of sp³-hybridized carbons (Fsp3) is 0.368. The maximum atomic E-state index is 12.9. The lowest BCUT2D eigenvalue weighted by atomic mass is 10.1. The number of rotatable bonds is 6.